The first-order valence-electron chi connectivity index (χ1n) is 10.5. The van der Waals surface area contributed by atoms with E-state index in [-0.39, 0.29) is 53.6 Å². The first-order chi connectivity index (χ1) is 16.4. The highest BCUT2D eigenvalue weighted by atomic mass is 35.5. The summed E-state index contributed by atoms with van der Waals surface area (Å²) in [6.45, 7) is -0.560. The topological polar surface area (TPSA) is 107 Å². The van der Waals surface area contributed by atoms with Gasteiger partial charge in [-0.2, -0.15) is 0 Å². The predicted molar refractivity (Wildman–Crippen MR) is 122 cm³/mol. The first-order valence-corrected chi connectivity index (χ1v) is 10.8. The lowest BCUT2D eigenvalue weighted by Gasteiger charge is -2.27. The fourth-order valence-corrected chi connectivity index (χ4v) is 4.36. The fraction of sp³-hybridized carbons (Fsp3) is 0.250. The largest absolute Gasteiger partial charge is 0.480 e. The number of aromatic nitrogens is 1. The summed E-state index contributed by atoms with van der Waals surface area (Å²) in [4.78, 5) is 16.5. The van der Waals surface area contributed by atoms with Crippen molar-refractivity contribution in [1.29, 1.82) is 0 Å². The minimum absolute atomic E-state index is 0.0460. The molecular weight excluding hydrogens is 468 g/mol. The van der Waals surface area contributed by atoms with Crippen LogP contribution in [0.5, 0.6) is 11.6 Å². The Morgan fingerprint density at radius 1 is 1.32 bits per heavy atom. The Bertz CT molecular complexity index is 1240. The van der Waals surface area contributed by atoms with Crippen LogP contribution in [0.4, 0.5) is 8.78 Å². The van der Waals surface area contributed by atoms with Crippen LogP contribution in [0.15, 0.2) is 42.6 Å². The molecule has 1 atom stereocenters. The molecule has 0 bridgehead atoms. The molecule has 0 spiro atoms. The number of hydrogen-bond acceptors (Lipinski definition) is 6. The highest BCUT2D eigenvalue weighted by Crippen LogP contribution is 2.50. The number of nitrogens with one attached hydrogen (secondary N) is 1. The lowest BCUT2D eigenvalue weighted by molar-refractivity contribution is 0.0962. The first kappa shape index (κ1) is 23.9. The molecule has 0 fully saturated rings. The van der Waals surface area contributed by atoms with E-state index in [9.17, 15) is 9.18 Å². The summed E-state index contributed by atoms with van der Waals surface area (Å²) in [6, 6.07) is 10.3. The SMILES string of the molecule is CNC(=O)c1cnc(OCCO)c(F)c1-c1c(Cl)c(F)cc2c1C[C@@](CN)(c1ccccc1)O2. The van der Waals surface area contributed by atoms with Crippen LogP contribution in [0.2, 0.25) is 5.02 Å². The Kier molecular flexibility index (Phi) is 6.70. The number of hydrogen-bond donors (Lipinski definition) is 3. The molecule has 3 aromatic rings. The predicted octanol–water partition coefficient (Wildman–Crippen LogP) is 3.20. The third kappa shape index (κ3) is 3.96. The van der Waals surface area contributed by atoms with Gasteiger partial charge in [0.15, 0.2) is 11.4 Å². The average Bonchev–Trinajstić information content (AvgIpc) is 3.24. The van der Waals surface area contributed by atoms with Crippen molar-refractivity contribution in [3.05, 3.63) is 75.9 Å². The van der Waals surface area contributed by atoms with Crippen molar-refractivity contribution in [3.63, 3.8) is 0 Å². The lowest BCUT2D eigenvalue weighted by Crippen LogP contribution is -2.39. The van der Waals surface area contributed by atoms with Gasteiger partial charge in [0, 0.05) is 49.0 Å². The van der Waals surface area contributed by atoms with Gasteiger partial charge in [-0.05, 0) is 5.56 Å². The minimum Gasteiger partial charge on any atom is -0.480 e. The van der Waals surface area contributed by atoms with E-state index < -0.39 is 29.0 Å². The summed E-state index contributed by atoms with van der Waals surface area (Å²) in [6.07, 6.45) is 1.26. The molecule has 7 nitrogen and oxygen atoms in total. The number of fused-ring (bicyclic) bond motifs is 1. The van der Waals surface area contributed by atoms with Crippen LogP contribution in [0.1, 0.15) is 21.5 Å². The highest BCUT2D eigenvalue weighted by Gasteiger charge is 2.43. The van der Waals surface area contributed by atoms with Crippen LogP contribution in [0.25, 0.3) is 11.1 Å². The number of nitrogens with zero attached hydrogens (tertiary/aromatic N) is 1. The normalized spacial score (nSPS) is 16.6. The maximum absolute atomic E-state index is 15.7. The van der Waals surface area contributed by atoms with Crippen LogP contribution in [-0.2, 0) is 12.0 Å². The molecular formula is C24H22ClF2N3O4. The lowest BCUT2D eigenvalue weighted by atomic mass is 9.85. The summed E-state index contributed by atoms with van der Waals surface area (Å²) in [5, 5.41) is 11.1. The van der Waals surface area contributed by atoms with Gasteiger partial charge in [-0.25, -0.2) is 13.8 Å². The molecule has 2 heterocycles. The summed E-state index contributed by atoms with van der Waals surface area (Å²) >= 11 is 6.38. The molecule has 10 heteroatoms. The van der Waals surface area contributed by atoms with Crippen LogP contribution < -0.4 is 20.5 Å². The number of carbonyl (C=O) groups is 1. The van der Waals surface area contributed by atoms with Crippen molar-refractivity contribution >= 4 is 17.5 Å². The van der Waals surface area contributed by atoms with E-state index in [0.29, 0.717) is 5.56 Å². The van der Waals surface area contributed by atoms with Gasteiger partial charge in [-0.1, -0.05) is 41.9 Å². The Balaban J connectivity index is 1.98. The van der Waals surface area contributed by atoms with Gasteiger partial charge in [0.2, 0.25) is 0 Å². The van der Waals surface area contributed by atoms with Crippen LogP contribution in [0.3, 0.4) is 0 Å². The van der Waals surface area contributed by atoms with Gasteiger partial charge in [0.05, 0.1) is 17.2 Å². The Labute approximate surface area is 199 Å². The maximum atomic E-state index is 15.7. The number of benzene rings is 2. The summed E-state index contributed by atoms with van der Waals surface area (Å²) in [7, 11) is 1.37. The van der Waals surface area contributed by atoms with Crippen LogP contribution >= 0.6 is 11.6 Å². The summed E-state index contributed by atoms with van der Waals surface area (Å²) < 4.78 is 42.0. The Hall–Kier alpha value is -3.27. The van der Waals surface area contributed by atoms with Crippen molar-refractivity contribution in [3.8, 4) is 22.8 Å². The zero-order valence-corrected chi connectivity index (χ0v) is 19.0. The van der Waals surface area contributed by atoms with Gasteiger partial charge in [-0.3, -0.25) is 4.79 Å². The maximum Gasteiger partial charge on any atom is 0.253 e. The molecule has 0 saturated carbocycles. The van der Waals surface area contributed by atoms with Crippen molar-refractivity contribution in [1.82, 2.24) is 10.3 Å². The van der Waals surface area contributed by atoms with E-state index in [1.54, 1.807) is 0 Å². The molecule has 1 aromatic heterocycles. The number of nitrogens with two attached hydrogens (primary N) is 1. The van der Waals surface area contributed by atoms with E-state index in [1.807, 2.05) is 30.3 Å². The summed E-state index contributed by atoms with van der Waals surface area (Å²) in [5.41, 5.74) is 5.72. The molecule has 0 aliphatic carbocycles. The molecule has 34 heavy (non-hydrogen) atoms. The van der Waals surface area contributed by atoms with E-state index in [0.717, 1.165) is 17.8 Å². The number of aliphatic hydroxyl groups excluding tert-OH is 1. The molecule has 0 unspecified atom stereocenters. The molecule has 0 saturated heterocycles. The van der Waals surface area contributed by atoms with Crippen molar-refractivity contribution in [2.75, 3.05) is 26.8 Å². The second kappa shape index (κ2) is 9.54. The minimum atomic E-state index is -1.04. The molecule has 4 rings (SSSR count). The zero-order valence-electron chi connectivity index (χ0n) is 18.2. The summed E-state index contributed by atoms with van der Waals surface area (Å²) in [5.74, 6) is -2.85. The van der Waals surface area contributed by atoms with Crippen molar-refractivity contribution in [2.45, 2.75) is 12.0 Å². The molecule has 2 aromatic carbocycles. The van der Waals surface area contributed by atoms with Crippen molar-refractivity contribution in [2.24, 2.45) is 5.73 Å². The standard InChI is InChI=1S/C24H22ClF2N3O4/c1-29-22(32)15-11-30-23(33-8-7-31)21(27)19(15)18-14-10-24(12-28,13-5-3-2-4-6-13)34-17(14)9-16(26)20(18)25/h2-6,9,11,31H,7-8,10,12,28H2,1H3,(H,29,32)/t24-/m1/s1. The van der Waals surface area contributed by atoms with E-state index in [4.69, 9.17) is 31.9 Å². The monoisotopic (exact) mass is 489 g/mol. The molecule has 178 valence electrons. The molecule has 1 amide bonds. The molecule has 0 radical (unpaired) electrons. The van der Waals surface area contributed by atoms with Crippen molar-refractivity contribution < 1.29 is 28.2 Å². The van der Waals surface area contributed by atoms with E-state index in [1.165, 1.54) is 7.05 Å². The number of pyridine rings is 1. The molecule has 4 N–H and O–H groups in total. The second-order valence-electron chi connectivity index (χ2n) is 7.68. The van der Waals surface area contributed by atoms with E-state index in [2.05, 4.69) is 10.3 Å². The van der Waals surface area contributed by atoms with Gasteiger partial charge >= 0.3 is 0 Å². The van der Waals surface area contributed by atoms with Gasteiger partial charge in [-0.15, -0.1) is 0 Å². The quantitative estimate of drug-likeness (QED) is 0.470. The second-order valence-corrected chi connectivity index (χ2v) is 8.06. The number of halogens is 3. The average molecular weight is 490 g/mol. The number of aliphatic hydroxyl groups is 1. The number of carbonyl (C=O) groups excluding carboxylic acids is 1. The third-order valence-electron chi connectivity index (χ3n) is 5.72. The Morgan fingerprint density at radius 3 is 2.71 bits per heavy atom. The molecule has 1 aliphatic heterocycles. The zero-order chi connectivity index (χ0) is 24.5. The number of ether oxygens (including phenoxy) is 2. The van der Waals surface area contributed by atoms with Crippen LogP contribution in [0, 0.1) is 11.6 Å². The van der Waals surface area contributed by atoms with Gasteiger partial charge in [0.25, 0.3) is 11.8 Å². The van der Waals surface area contributed by atoms with Gasteiger partial charge in [0.1, 0.15) is 18.2 Å². The van der Waals surface area contributed by atoms with E-state index >= 15 is 4.39 Å². The molecule has 1 aliphatic rings. The van der Waals surface area contributed by atoms with Gasteiger partial charge < -0.3 is 25.6 Å². The number of rotatable bonds is 7. The highest BCUT2D eigenvalue weighted by molar-refractivity contribution is 6.34. The third-order valence-corrected chi connectivity index (χ3v) is 6.09. The smallest absolute Gasteiger partial charge is 0.253 e. The number of amides is 1. The Morgan fingerprint density at radius 2 is 2.06 bits per heavy atom. The van der Waals surface area contributed by atoms with Crippen LogP contribution in [-0.4, -0.2) is 42.8 Å². The fourth-order valence-electron chi connectivity index (χ4n) is 4.10.